The van der Waals surface area contributed by atoms with Gasteiger partial charge in [0.2, 0.25) is 0 Å². The number of benzene rings is 2. The van der Waals surface area contributed by atoms with Gasteiger partial charge >= 0.3 is 0 Å². The van der Waals surface area contributed by atoms with Gasteiger partial charge in [-0.2, -0.15) is 5.10 Å². The predicted octanol–water partition coefficient (Wildman–Crippen LogP) is 5.78. The molecule has 2 amide bonds. The number of nitrogens with one attached hydrogen (secondary N) is 2. The Bertz CT molecular complexity index is 1320. The Morgan fingerprint density at radius 2 is 1.76 bits per heavy atom. The van der Waals surface area contributed by atoms with Gasteiger partial charge < -0.3 is 15.1 Å². The van der Waals surface area contributed by atoms with Gasteiger partial charge in [-0.3, -0.25) is 9.59 Å². The molecule has 2 N–H and O–H groups in total. The van der Waals surface area contributed by atoms with E-state index in [1.807, 2.05) is 0 Å². The van der Waals surface area contributed by atoms with Crippen molar-refractivity contribution in [3.8, 4) is 0 Å². The van der Waals surface area contributed by atoms with E-state index in [-0.39, 0.29) is 34.5 Å². The lowest BCUT2D eigenvalue weighted by Crippen LogP contribution is -2.17. The molecule has 4 aromatic rings. The van der Waals surface area contributed by atoms with Crippen LogP contribution in [0, 0.1) is 12.7 Å². The molecule has 4 rings (SSSR count). The van der Waals surface area contributed by atoms with Gasteiger partial charge in [-0.05, 0) is 55.0 Å². The van der Waals surface area contributed by atoms with E-state index in [2.05, 4.69) is 15.7 Å². The largest absolute Gasteiger partial charge is 0.459 e. The van der Waals surface area contributed by atoms with Crippen molar-refractivity contribution in [2.75, 3.05) is 10.6 Å². The number of carbonyl (C=O) groups is 2. The van der Waals surface area contributed by atoms with E-state index in [0.29, 0.717) is 16.4 Å². The van der Waals surface area contributed by atoms with Gasteiger partial charge in [0.05, 0.1) is 35.4 Å². The van der Waals surface area contributed by atoms with Gasteiger partial charge in [0.1, 0.15) is 11.0 Å². The van der Waals surface area contributed by atoms with Crippen molar-refractivity contribution in [2.45, 2.75) is 13.5 Å². The number of rotatable bonds is 6. The minimum atomic E-state index is -0.515. The first-order chi connectivity index (χ1) is 15.8. The molecule has 0 unspecified atom stereocenters. The average Bonchev–Trinajstić information content (AvgIpc) is 3.40. The number of aryl methyl sites for hydroxylation is 1. The summed E-state index contributed by atoms with van der Waals surface area (Å²) in [5.74, 6) is -1.26. The molecule has 0 aliphatic carbocycles. The van der Waals surface area contributed by atoms with Crippen LogP contribution in [0.2, 0.25) is 10.2 Å². The van der Waals surface area contributed by atoms with E-state index >= 15 is 0 Å². The van der Waals surface area contributed by atoms with E-state index in [1.54, 1.807) is 37.3 Å². The summed E-state index contributed by atoms with van der Waals surface area (Å²) in [4.78, 5) is 25.4. The molecule has 168 valence electrons. The molecule has 2 heterocycles. The number of furan rings is 1. The fourth-order valence-corrected chi connectivity index (χ4v) is 3.68. The summed E-state index contributed by atoms with van der Waals surface area (Å²) >= 11 is 12.5. The highest BCUT2D eigenvalue weighted by molar-refractivity contribution is 6.34. The topological polar surface area (TPSA) is 89.2 Å². The minimum Gasteiger partial charge on any atom is -0.459 e. The first-order valence-corrected chi connectivity index (χ1v) is 10.5. The number of hydrogen-bond donors (Lipinski definition) is 2. The first kappa shape index (κ1) is 22.6. The Kier molecular flexibility index (Phi) is 6.48. The molecule has 0 fully saturated rings. The van der Waals surface area contributed by atoms with Gasteiger partial charge in [0, 0.05) is 5.02 Å². The van der Waals surface area contributed by atoms with Crippen LogP contribution >= 0.6 is 23.2 Å². The van der Waals surface area contributed by atoms with Crippen LogP contribution in [0.4, 0.5) is 15.8 Å². The molecule has 0 aliphatic heterocycles. The van der Waals surface area contributed by atoms with E-state index in [4.69, 9.17) is 27.6 Å². The number of carbonyl (C=O) groups excluding carboxylic acids is 2. The second kappa shape index (κ2) is 9.48. The zero-order valence-electron chi connectivity index (χ0n) is 17.2. The lowest BCUT2D eigenvalue weighted by atomic mass is 10.2. The Morgan fingerprint density at radius 3 is 2.45 bits per heavy atom. The third-order valence-electron chi connectivity index (χ3n) is 4.76. The molecule has 2 aromatic heterocycles. The Labute approximate surface area is 198 Å². The SMILES string of the molecule is Cc1nn(Cc2ccc(F)cc2)c(Cl)c1C(=O)Nc1ccc(Cl)cc1NC(=O)c1ccco1. The summed E-state index contributed by atoms with van der Waals surface area (Å²) in [5.41, 5.74) is 1.95. The lowest BCUT2D eigenvalue weighted by Gasteiger charge is -2.12. The van der Waals surface area contributed by atoms with Gasteiger partial charge in [-0.1, -0.05) is 35.3 Å². The van der Waals surface area contributed by atoms with Gasteiger partial charge in [0.15, 0.2) is 5.76 Å². The smallest absolute Gasteiger partial charge is 0.291 e. The van der Waals surface area contributed by atoms with E-state index in [0.717, 1.165) is 5.56 Å². The molecule has 0 saturated carbocycles. The maximum Gasteiger partial charge on any atom is 0.291 e. The molecular weight excluding hydrogens is 470 g/mol. The molecule has 2 aromatic carbocycles. The van der Waals surface area contributed by atoms with Crippen molar-refractivity contribution in [1.82, 2.24) is 9.78 Å². The molecule has 0 atom stereocenters. The fraction of sp³-hybridized carbons (Fsp3) is 0.0870. The summed E-state index contributed by atoms with van der Waals surface area (Å²) in [6, 6.07) is 13.6. The summed E-state index contributed by atoms with van der Waals surface area (Å²) in [7, 11) is 0. The highest BCUT2D eigenvalue weighted by atomic mass is 35.5. The molecule has 0 bridgehead atoms. The van der Waals surface area contributed by atoms with Crippen molar-refractivity contribution in [2.24, 2.45) is 0 Å². The molecule has 0 radical (unpaired) electrons. The van der Waals surface area contributed by atoms with Crippen LogP contribution in [0.15, 0.2) is 65.3 Å². The monoisotopic (exact) mass is 486 g/mol. The van der Waals surface area contributed by atoms with Crippen LogP contribution in [0.3, 0.4) is 0 Å². The normalized spacial score (nSPS) is 10.8. The second-order valence-corrected chi connectivity index (χ2v) is 7.91. The summed E-state index contributed by atoms with van der Waals surface area (Å²) in [6.45, 7) is 1.92. The number of anilines is 2. The van der Waals surface area contributed by atoms with Crippen LogP contribution in [0.25, 0.3) is 0 Å². The minimum absolute atomic E-state index is 0.105. The van der Waals surface area contributed by atoms with Gasteiger partial charge in [-0.25, -0.2) is 9.07 Å². The van der Waals surface area contributed by atoms with Crippen LogP contribution < -0.4 is 10.6 Å². The number of nitrogens with zero attached hydrogens (tertiary/aromatic N) is 2. The number of aromatic nitrogens is 2. The third kappa shape index (κ3) is 5.08. The second-order valence-electron chi connectivity index (χ2n) is 7.11. The molecule has 7 nitrogen and oxygen atoms in total. The van der Waals surface area contributed by atoms with Crippen molar-refractivity contribution in [3.63, 3.8) is 0 Å². The van der Waals surface area contributed by atoms with Crippen molar-refractivity contribution < 1.29 is 18.4 Å². The Hall–Kier alpha value is -3.62. The average molecular weight is 487 g/mol. The van der Waals surface area contributed by atoms with Crippen molar-refractivity contribution >= 4 is 46.4 Å². The highest BCUT2D eigenvalue weighted by Gasteiger charge is 2.22. The van der Waals surface area contributed by atoms with Crippen LogP contribution in [-0.4, -0.2) is 21.6 Å². The van der Waals surface area contributed by atoms with Crippen LogP contribution in [0.1, 0.15) is 32.2 Å². The molecule has 0 spiro atoms. The molecular formula is C23H17Cl2FN4O3. The number of amides is 2. The quantitative estimate of drug-likeness (QED) is 0.361. The Balaban J connectivity index is 1.57. The van der Waals surface area contributed by atoms with Crippen LogP contribution in [-0.2, 0) is 6.54 Å². The van der Waals surface area contributed by atoms with Crippen LogP contribution in [0.5, 0.6) is 0 Å². The van der Waals surface area contributed by atoms with Gasteiger partial charge in [0.25, 0.3) is 11.8 Å². The van der Waals surface area contributed by atoms with E-state index in [1.165, 1.54) is 35.2 Å². The number of halogens is 3. The zero-order chi connectivity index (χ0) is 23.5. The highest BCUT2D eigenvalue weighted by Crippen LogP contribution is 2.29. The van der Waals surface area contributed by atoms with E-state index in [9.17, 15) is 14.0 Å². The lowest BCUT2D eigenvalue weighted by molar-refractivity contribution is 0.0993. The number of hydrogen-bond acceptors (Lipinski definition) is 4. The van der Waals surface area contributed by atoms with Gasteiger partial charge in [-0.15, -0.1) is 0 Å². The zero-order valence-corrected chi connectivity index (χ0v) is 18.7. The summed E-state index contributed by atoms with van der Waals surface area (Å²) < 4.78 is 19.7. The maximum atomic E-state index is 13.2. The maximum absolute atomic E-state index is 13.2. The van der Waals surface area contributed by atoms with Crippen molar-refractivity contribution in [3.05, 3.63) is 99.4 Å². The summed E-state index contributed by atoms with van der Waals surface area (Å²) in [6.07, 6.45) is 1.38. The molecule has 33 heavy (non-hydrogen) atoms. The Morgan fingerprint density at radius 1 is 1.03 bits per heavy atom. The molecule has 0 aliphatic rings. The summed E-state index contributed by atoms with van der Waals surface area (Å²) in [5, 5.41) is 10.2. The predicted molar refractivity (Wildman–Crippen MR) is 124 cm³/mol. The van der Waals surface area contributed by atoms with Crippen molar-refractivity contribution in [1.29, 1.82) is 0 Å². The standard InChI is InChI=1S/C23H17Cl2FN4O3/c1-13-20(21(25)30(29-13)12-14-4-7-16(26)8-5-14)23(32)27-17-9-6-15(24)11-18(17)28-22(31)19-3-2-10-33-19/h2-11H,12H2,1H3,(H,27,32)(H,28,31). The molecule has 10 heteroatoms. The van der Waals surface area contributed by atoms with E-state index < -0.39 is 11.8 Å². The molecule has 0 saturated heterocycles. The third-order valence-corrected chi connectivity index (χ3v) is 5.38. The first-order valence-electron chi connectivity index (χ1n) is 9.75. The fourth-order valence-electron chi connectivity index (χ4n) is 3.18.